The van der Waals surface area contributed by atoms with Gasteiger partial charge in [0.15, 0.2) is 0 Å². The van der Waals surface area contributed by atoms with E-state index in [1.54, 1.807) is 29.9 Å². The maximum atomic E-state index is 13.4. The molecule has 1 heterocycles. The lowest BCUT2D eigenvalue weighted by Crippen LogP contribution is -2.23. The number of nitrogens with one attached hydrogen (secondary N) is 1. The molecule has 1 N–H and O–H groups in total. The summed E-state index contributed by atoms with van der Waals surface area (Å²) in [5.41, 5.74) is 1.75. The Labute approximate surface area is 104 Å². The predicted molar refractivity (Wildman–Crippen MR) is 65.5 cm³/mol. The third kappa shape index (κ3) is 2.40. The van der Waals surface area contributed by atoms with Gasteiger partial charge in [-0.05, 0) is 13.0 Å². The van der Waals surface area contributed by atoms with Crippen molar-refractivity contribution >= 4 is 5.91 Å². The molecule has 0 unspecified atom stereocenters. The SMILES string of the molecule is Cc1c(C(=O)NCc2ccccc2F)cnn1C. The van der Waals surface area contributed by atoms with E-state index in [0.717, 1.165) is 5.69 Å². The Bertz CT molecular complexity index is 577. The van der Waals surface area contributed by atoms with Crippen LogP contribution in [0.5, 0.6) is 0 Å². The summed E-state index contributed by atoms with van der Waals surface area (Å²) in [4.78, 5) is 11.9. The van der Waals surface area contributed by atoms with E-state index in [-0.39, 0.29) is 18.3 Å². The van der Waals surface area contributed by atoms with Crippen LogP contribution in [0.3, 0.4) is 0 Å². The molecule has 0 radical (unpaired) electrons. The number of halogens is 1. The van der Waals surface area contributed by atoms with E-state index < -0.39 is 0 Å². The number of carbonyl (C=O) groups is 1. The van der Waals surface area contributed by atoms with Crippen LogP contribution in [0.15, 0.2) is 30.5 Å². The summed E-state index contributed by atoms with van der Waals surface area (Å²) in [6.45, 7) is 1.98. The highest BCUT2D eigenvalue weighted by Crippen LogP contribution is 2.08. The van der Waals surface area contributed by atoms with E-state index in [1.165, 1.54) is 12.3 Å². The Morgan fingerprint density at radius 3 is 2.78 bits per heavy atom. The molecule has 1 amide bonds. The van der Waals surface area contributed by atoms with Crippen LogP contribution < -0.4 is 5.32 Å². The van der Waals surface area contributed by atoms with Crippen LogP contribution in [0.4, 0.5) is 4.39 Å². The van der Waals surface area contributed by atoms with Crippen molar-refractivity contribution in [3.05, 3.63) is 53.1 Å². The first-order chi connectivity index (χ1) is 8.59. The molecule has 1 aromatic heterocycles. The van der Waals surface area contributed by atoms with Gasteiger partial charge in [-0.3, -0.25) is 9.48 Å². The van der Waals surface area contributed by atoms with E-state index >= 15 is 0 Å². The van der Waals surface area contributed by atoms with Crippen molar-refractivity contribution in [2.24, 2.45) is 7.05 Å². The van der Waals surface area contributed by atoms with Gasteiger partial charge in [0.25, 0.3) is 5.91 Å². The average Bonchev–Trinajstić information content (AvgIpc) is 2.69. The van der Waals surface area contributed by atoms with Crippen molar-refractivity contribution < 1.29 is 9.18 Å². The van der Waals surface area contributed by atoms with Gasteiger partial charge >= 0.3 is 0 Å². The molecule has 0 saturated heterocycles. The zero-order valence-electron chi connectivity index (χ0n) is 10.3. The number of aryl methyl sites for hydroxylation is 1. The average molecular weight is 247 g/mol. The molecule has 0 aliphatic rings. The first-order valence-corrected chi connectivity index (χ1v) is 5.60. The second-order valence-electron chi connectivity index (χ2n) is 4.04. The standard InChI is InChI=1S/C13H14FN3O/c1-9-11(8-16-17(9)2)13(18)15-7-10-5-3-4-6-12(10)14/h3-6,8H,7H2,1-2H3,(H,15,18). The molecule has 0 atom stereocenters. The van der Waals surface area contributed by atoms with Crippen LogP contribution in [0.2, 0.25) is 0 Å². The fourth-order valence-electron chi connectivity index (χ4n) is 1.63. The topological polar surface area (TPSA) is 46.9 Å². The van der Waals surface area contributed by atoms with E-state index in [2.05, 4.69) is 10.4 Å². The molecule has 18 heavy (non-hydrogen) atoms. The van der Waals surface area contributed by atoms with Crippen LogP contribution in [0.1, 0.15) is 21.6 Å². The van der Waals surface area contributed by atoms with Crippen LogP contribution in [0, 0.1) is 12.7 Å². The summed E-state index contributed by atoms with van der Waals surface area (Å²) in [5.74, 6) is -0.565. The zero-order chi connectivity index (χ0) is 13.1. The van der Waals surface area contributed by atoms with Crippen LogP contribution >= 0.6 is 0 Å². The molecule has 0 aliphatic heterocycles. The van der Waals surface area contributed by atoms with E-state index in [0.29, 0.717) is 11.1 Å². The minimum Gasteiger partial charge on any atom is -0.348 e. The van der Waals surface area contributed by atoms with Crippen molar-refractivity contribution in [2.75, 3.05) is 0 Å². The number of carbonyl (C=O) groups excluding carboxylic acids is 1. The number of aromatic nitrogens is 2. The van der Waals surface area contributed by atoms with E-state index in [4.69, 9.17) is 0 Å². The highest BCUT2D eigenvalue weighted by Gasteiger charge is 2.12. The minimum absolute atomic E-state index is 0.167. The lowest BCUT2D eigenvalue weighted by Gasteiger charge is -2.05. The number of benzene rings is 1. The van der Waals surface area contributed by atoms with Crippen molar-refractivity contribution in [1.29, 1.82) is 0 Å². The highest BCUT2D eigenvalue weighted by molar-refractivity contribution is 5.94. The molecule has 1 aromatic carbocycles. The summed E-state index contributed by atoms with van der Waals surface area (Å²) >= 11 is 0. The van der Waals surface area contributed by atoms with Crippen molar-refractivity contribution in [3.63, 3.8) is 0 Å². The van der Waals surface area contributed by atoms with Crippen LogP contribution in [-0.2, 0) is 13.6 Å². The summed E-state index contributed by atoms with van der Waals surface area (Å²) in [5, 5.41) is 6.67. The molecule has 0 saturated carbocycles. The summed E-state index contributed by atoms with van der Waals surface area (Å²) in [6.07, 6.45) is 1.51. The lowest BCUT2D eigenvalue weighted by molar-refractivity contribution is 0.0950. The summed E-state index contributed by atoms with van der Waals surface area (Å²) in [7, 11) is 1.77. The van der Waals surface area contributed by atoms with Gasteiger partial charge in [0.05, 0.1) is 11.8 Å². The lowest BCUT2D eigenvalue weighted by atomic mass is 10.2. The van der Waals surface area contributed by atoms with Gasteiger partial charge in [-0.1, -0.05) is 18.2 Å². The Hall–Kier alpha value is -2.17. The monoisotopic (exact) mass is 247 g/mol. The van der Waals surface area contributed by atoms with Crippen LogP contribution in [-0.4, -0.2) is 15.7 Å². The van der Waals surface area contributed by atoms with Gasteiger partial charge in [-0.2, -0.15) is 5.10 Å². The van der Waals surface area contributed by atoms with Gasteiger partial charge < -0.3 is 5.32 Å². The number of nitrogens with zero attached hydrogens (tertiary/aromatic N) is 2. The first-order valence-electron chi connectivity index (χ1n) is 5.60. The first kappa shape index (κ1) is 12.3. The molecule has 0 spiro atoms. The predicted octanol–water partition coefficient (Wildman–Crippen LogP) is 1.80. The largest absolute Gasteiger partial charge is 0.348 e. The third-order valence-corrected chi connectivity index (χ3v) is 2.88. The van der Waals surface area contributed by atoms with Crippen molar-refractivity contribution in [3.8, 4) is 0 Å². The van der Waals surface area contributed by atoms with E-state index in [9.17, 15) is 9.18 Å². The Balaban J connectivity index is 2.05. The van der Waals surface area contributed by atoms with Gasteiger partial charge in [-0.15, -0.1) is 0 Å². The second kappa shape index (κ2) is 5.00. The number of rotatable bonds is 3. The molecule has 4 nitrogen and oxygen atoms in total. The van der Waals surface area contributed by atoms with Gasteiger partial charge in [-0.25, -0.2) is 4.39 Å². The Morgan fingerprint density at radius 2 is 2.17 bits per heavy atom. The maximum absolute atomic E-state index is 13.4. The zero-order valence-corrected chi connectivity index (χ0v) is 10.3. The van der Waals surface area contributed by atoms with Gasteiger partial charge in [0.2, 0.25) is 0 Å². The summed E-state index contributed by atoms with van der Waals surface area (Å²) < 4.78 is 15.0. The fourth-order valence-corrected chi connectivity index (χ4v) is 1.63. The molecule has 2 aromatic rings. The molecule has 0 fully saturated rings. The molecule has 2 rings (SSSR count). The fraction of sp³-hybridized carbons (Fsp3) is 0.231. The second-order valence-corrected chi connectivity index (χ2v) is 4.04. The quantitative estimate of drug-likeness (QED) is 0.899. The Kier molecular flexibility index (Phi) is 3.41. The third-order valence-electron chi connectivity index (χ3n) is 2.88. The molecule has 0 aliphatic carbocycles. The Morgan fingerprint density at radius 1 is 1.44 bits per heavy atom. The molecular formula is C13H14FN3O. The molecule has 0 bridgehead atoms. The molecular weight excluding hydrogens is 233 g/mol. The maximum Gasteiger partial charge on any atom is 0.255 e. The number of hydrogen-bond donors (Lipinski definition) is 1. The molecule has 94 valence electrons. The molecule has 5 heteroatoms. The number of hydrogen-bond acceptors (Lipinski definition) is 2. The highest BCUT2D eigenvalue weighted by atomic mass is 19.1. The van der Waals surface area contributed by atoms with E-state index in [1.807, 2.05) is 6.92 Å². The van der Waals surface area contributed by atoms with Crippen molar-refractivity contribution in [2.45, 2.75) is 13.5 Å². The van der Waals surface area contributed by atoms with Crippen molar-refractivity contribution in [1.82, 2.24) is 15.1 Å². The van der Waals surface area contributed by atoms with Gasteiger partial charge in [0, 0.05) is 24.8 Å². The number of amides is 1. The van der Waals surface area contributed by atoms with Crippen LogP contribution in [0.25, 0.3) is 0 Å². The normalized spacial score (nSPS) is 10.4. The summed E-state index contributed by atoms with van der Waals surface area (Å²) in [6, 6.07) is 6.37. The van der Waals surface area contributed by atoms with Gasteiger partial charge in [0.1, 0.15) is 5.82 Å². The minimum atomic E-state index is -0.319. The smallest absolute Gasteiger partial charge is 0.255 e.